The smallest absolute Gasteiger partial charge is 0.339 e. The standard InChI is InChI=1S/C20H17F3N2OS2/c21-20(22,23)28-15-7-5-14(6-8-15)19(26)25-11-9-13(10-12-25)18-24-16-3-1-2-4-17(16)27-18/h1-8,13H,9-12H2. The van der Waals surface area contributed by atoms with Gasteiger partial charge in [0.1, 0.15) is 0 Å². The number of benzene rings is 2. The van der Waals surface area contributed by atoms with Gasteiger partial charge in [-0.2, -0.15) is 13.2 Å². The molecule has 0 spiro atoms. The molecule has 3 aromatic rings. The number of alkyl halides is 3. The van der Waals surface area contributed by atoms with Crippen LogP contribution >= 0.6 is 23.1 Å². The Morgan fingerprint density at radius 3 is 2.39 bits per heavy atom. The molecule has 0 N–H and O–H groups in total. The summed E-state index contributed by atoms with van der Waals surface area (Å²) in [6, 6.07) is 13.7. The minimum atomic E-state index is -4.33. The number of halogens is 3. The fourth-order valence-corrected chi connectivity index (χ4v) is 5.05. The van der Waals surface area contributed by atoms with Crippen LogP contribution in [0, 0.1) is 0 Å². The first-order chi connectivity index (χ1) is 13.4. The van der Waals surface area contributed by atoms with E-state index in [0.717, 1.165) is 23.4 Å². The number of fused-ring (bicyclic) bond motifs is 1. The van der Waals surface area contributed by atoms with Crippen molar-refractivity contribution in [2.75, 3.05) is 13.1 Å². The highest BCUT2D eigenvalue weighted by molar-refractivity contribution is 8.00. The summed E-state index contributed by atoms with van der Waals surface area (Å²) in [6.07, 6.45) is 1.68. The van der Waals surface area contributed by atoms with Crippen LogP contribution in [-0.4, -0.2) is 34.4 Å². The molecule has 0 unspecified atom stereocenters. The van der Waals surface area contributed by atoms with E-state index in [1.807, 2.05) is 18.2 Å². The molecule has 0 saturated carbocycles. The molecule has 0 aliphatic carbocycles. The van der Waals surface area contributed by atoms with Crippen molar-refractivity contribution in [3.8, 4) is 0 Å². The van der Waals surface area contributed by atoms with E-state index in [1.54, 1.807) is 16.2 Å². The number of carbonyl (C=O) groups is 1. The highest BCUT2D eigenvalue weighted by Crippen LogP contribution is 2.37. The van der Waals surface area contributed by atoms with Crippen LogP contribution < -0.4 is 0 Å². The third-order valence-corrected chi connectivity index (χ3v) is 6.71. The minimum Gasteiger partial charge on any atom is -0.339 e. The quantitative estimate of drug-likeness (QED) is 0.491. The zero-order valence-corrected chi connectivity index (χ0v) is 16.4. The molecular formula is C20H17F3N2OS2. The van der Waals surface area contributed by atoms with Crippen molar-refractivity contribution in [3.05, 3.63) is 59.1 Å². The molecule has 1 aromatic heterocycles. The Hall–Kier alpha value is -2.06. The maximum atomic E-state index is 12.7. The summed E-state index contributed by atoms with van der Waals surface area (Å²) in [5.41, 5.74) is -2.89. The highest BCUT2D eigenvalue weighted by atomic mass is 32.2. The maximum absolute atomic E-state index is 12.7. The molecule has 1 aliphatic rings. The monoisotopic (exact) mass is 422 g/mol. The Labute approximate surface area is 168 Å². The van der Waals surface area contributed by atoms with Gasteiger partial charge in [0.15, 0.2) is 0 Å². The van der Waals surface area contributed by atoms with E-state index in [4.69, 9.17) is 4.98 Å². The SMILES string of the molecule is O=C(c1ccc(SC(F)(F)F)cc1)N1CCC(c2nc3ccccc3s2)CC1. The van der Waals surface area contributed by atoms with Crippen LogP contribution in [-0.2, 0) is 0 Å². The summed E-state index contributed by atoms with van der Waals surface area (Å²) in [4.78, 5) is 19.2. The molecule has 8 heteroatoms. The van der Waals surface area contributed by atoms with Crippen LogP contribution in [0.15, 0.2) is 53.4 Å². The first kappa shape index (κ1) is 19.3. The van der Waals surface area contributed by atoms with Gasteiger partial charge in [-0.05, 0) is 61.0 Å². The van der Waals surface area contributed by atoms with Gasteiger partial charge in [0.05, 0.1) is 15.2 Å². The topological polar surface area (TPSA) is 33.2 Å². The molecule has 0 bridgehead atoms. The van der Waals surface area contributed by atoms with Gasteiger partial charge in [0.2, 0.25) is 0 Å². The average molecular weight is 422 g/mol. The van der Waals surface area contributed by atoms with Crippen molar-refractivity contribution in [3.63, 3.8) is 0 Å². The van der Waals surface area contributed by atoms with Crippen LogP contribution in [0.4, 0.5) is 13.2 Å². The second kappa shape index (κ2) is 7.75. The van der Waals surface area contributed by atoms with E-state index in [-0.39, 0.29) is 22.6 Å². The molecule has 1 fully saturated rings. The van der Waals surface area contributed by atoms with E-state index in [1.165, 1.54) is 29.0 Å². The molecular weight excluding hydrogens is 405 g/mol. The number of amides is 1. The van der Waals surface area contributed by atoms with Gasteiger partial charge in [-0.3, -0.25) is 4.79 Å². The first-order valence-corrected chi connectivity index (χ1v) is 10.5. The summed E-state index contributed by atoms with van der Waals surface area (Å²) < 4.78 is 38.4. The van der Waals surface area contributed by atoms with E-state index >= 15 is 0 Å². The Balaban J connectivity index is 1.38. The molecule has 2 heterocycles. The van der Waals surface area contributed by atoms with Gasteiger partial charge in [0, 0.05) is 29.5 Å². The Morgan fingerprint density at radius 1 is 1.07 bits per heavy atom. The minimum absolute atomic E-state index is 0.0820. The van der Waals surface area contributed by atoms with Gasteiger partial charge in [-0.15, -0.1) is 11.3 Å². The predicted octanol–water partition coefficient (Wildman–Crippen LogP) is 5.93. The van der Waals surface area contributed by atoms with Gasteiger partial charge >= 0.3 is 5.51 Å². The number of para-hydroxylation sites is 1. The van der Waals surface area contributed by atoms with E-state index in [0.29, 0.717) is 24.6 Å². The summed E-state index contributed by atoms with van der Waals surface area (Å²) in [5.74, 6) is 0.207. The number of hydrogen-bond acceptors (Lipinski definition) is 4. The van der Waals surface area contributed by atoms with Gasteiger partial charge in [-0.1, -0.05) is 12.1 Å². The second-order valence-electron chi connectivity index (χ2n) is 6.66. The van der Waals surface area contributed by atoms with Crippen molar-refractivity contribution >= 4 is 39.2 Å². The first-order valence-electron chi connectivity index (χ1n) is 8.89. The summed E-state index contributed by atoms with van der Waals surface area (Å²) in [6.45, 7) is 1.25. The van der Waals surface area contributed by atoms with Crippen LogP contribution in [0.2, 0.25) is 0 Å². The van der Waals surface area contributed by atoms with Crippen LogP contribution in [0.25, 0.3) is 10.2 Å². The number of thioether (sulfide) groups is 1. The second-order valence-corrected chi connectivity index (χ2v) is 8.86. The number of carbonyl (C=O) groups excluding carboxylic acids is 1. The van der Waals surface area contributed by atoms with Gasteiger partial charge in [0.25, 0.3) is 5.91 Å². The number of hydrogen-bond donors (Lipinski definition) is 0. The van der Waals surface area contributed by atoms with Crippen LogP contribution in [0.3, 0.4) is 0 Å². The zero-order chi connectivity index (χ0) is 19.7. The predicted molar refractivity (Wildman–Crippen MR) is 106 cm³/mol. The summed E-state index contributed by atoms with van der Waals surface area (Å²) >= 11 is 1.53. The fourth-order valence-electron chi connectivity index (χ4n) is 3.38. The lowest BCUT2D eigenvalue weighted by molar-refractivity contribution is -0.0328. The molecule has 146 valence electrons. The third-order valence-electron chi connectivity index (χ3n) is 4.78. The maximum Gasteiger partial charge on any atom is 0.446 e. The molecule has 4 rings (SSSR count). The van der Waals surface area contributed by atoms with Gasteiger partial charge < -0.3 is 4.90 Å². The van der Waals surface area contributed by atoms with Gasteiger partial charge in [-0.25, -0.2) is 4.98 Å². The zero-order valence-electron chi connectivity index (χ0n) is 14.8. The molecule has 2 aromatic carbocycles. The Kier molecular flexibility index (Phi) is 5.33. The Bertz CT molecular complexity index is 944. The summed E-state index contributed by atoms with van der Waals surface area (Å²) in [5, 5.41) is 1.11. The molecule has 1 aliphatic heterocycles. The number of likely N-dealkylation sites (tertiary alicyclic amines) is 1. The van der Waals surface area contributed by atoms with E-state index < -0.39 is 5.51 Å². The molecule has 0 radical (unpaired) electrons. The average Bonchev–Trinajstić information content (AvgIpc) is 3.11. The Morgan fingerprint density at radius 2 is 1.75 bits per heavy atom. The number of rotatable bonds is 3. The lowest BCUT2D eigenvalue weighted by Crippen LogP contribution is -2.37. The molecule has 1 amide bonds. The molecule has 0 atom stereocenters. The number of thiazole rings is 1. The van der Waals surface area contributed by atoms with E-state index in [9.17, 15) is 18.0 Å². The van der Waals surface area contributed by atoms with Crippen LogP contribution in [0.1, 0.15) is 34.1 Å². The highest BCUT2D eigenvalue weighted by Gasteiger charge is 2.30. The number of aromatic nitrogens is 1. The fraction of sp³-hybridized carbons (Fsp3) is 0.300. The number of piperidine rings is 1. The molecule has 3 nitrogen and oxygen atoms in total. The molecule has 28 heavy (non-hydrogen) atoms. The van der Waals surface area contributed by atoms with Crippen molar-refractivity contribution in [2.45, 2.75) is 29.2 Å². The van der Waals surface area contributed by atoms with Crippen LogP contribution in [0.5, 0.6) is 0 Å². The number of nitrogens with zero attached hydrogens (tertiary/aromatic N) is 2. The molecule has 1 saturated heterocycles. The van der Waals surface area contributed by atoms with Crippen molar-refractivity contribution in [1.82, 2.24) is 9.88 Å². The normalized spacial score (nSPS) is 15.9. The lowest BCUT2D eigenvalue weighted by atomic mass is 9.97. The third kappa shape index (κ3) is 4.33. The van der Waals surface area contributed by atoms with Crippen molar-refractivity contribution in [1.29, 1.82) is 0 Å². The van der Waals surface area contributed by atoms with E-state index in [2.05, 4.69) is 6.07 Å². The van der Waals surface area contributed by atoms with Crippen molar-refractivity contribution < 1.29 is 18.0 Å². The summed E-state index contributed by atoms with van der Waals surface area (Å²) in [7, 11) is 0. The largest absolute Gasteiger partial charge is 0.446 e. The van der Waals surface area contributed by atoms with Crippen molar-refractivity contribution in [2.24, 2.45) is 0 Å². The lowest BCUT2D eigenvalue weighted by Gasteiger charge is -2.31.